The van der Waals surface area contributed by atoms with E-state index in [4.69, 9.17) is 9.31 Å². The number of allylic oxidation sites excluding steroid dienone is 1. The Bertz CT molecular complexity index is 890. The molecule has 1 saturated heterocycles. The summed E-state index contributed by atoms with van der Waals surface area (Å²) in [6.45, 7) is 16.4. The number of nitrogens with zero attached hydrogens (tertiary/aromatic N) is 1. The lowest BCUT2D eigenvalue weighted by atomic mass is 9.69. The molecule has 0 amide bonds. The first-order chi connectivity index (χ1) is 12.6. The van der Waals surface area contributed by atoms with E-state index in [-0.39, 0.29) is 18.3 Å². The average molecular weight is 365 g/mol. The van der Waals surface area contributed by atoms with Gasteiger partial charge < -0.3 is 13.9 Å². The summed E-state index contributed by atoms with van der Waals surface area (Å²) in [5.74, 6) is 1.05. The molecule has 27 heavy (non-hydrogen) atoms. The van der Waals surface area contributed by atoms with Crippen LogP contribution in [0.3, 0.4) is 0 Å². The summed E-state index contributed by atoms with van der Waals surface area (Å²) in [6.07, 6.45) is 3.33. The Balaban J connectivity index is 1.83. The van der Waals surface area contributed by atoms with Crippen molar-refractivity contribution in [2.24, 2.45) is 5.92 Å². The monoisotopic (exact) mass is 365 g/mol. The van der Waals surface area contributed by atoms with Gasteiger partial charge in [-0.3, -0.25) is 0 Å². The molecule has 0 spiro atoms. The van der Waals surface area contributed by atoms with E-state index in [1.165, 1.54) is 27.6 Å². The van der Waals surface area contributed by atoms with E-state index in [1.807, 2.05) is 0 Å². The fourth-order valence-electron chi connectivity index (χ4n) is 4.43. The van der Waals surface area contributed by atoms with Crippen molar-refractivity contribution in [1.82, 2.24) is 4.57 Å². The Morgan fingerprint density at radius 1 is 1.11 bits per heavy atom. The summed E-state index contributed by atoms with van der Waals surface area (Å²) in [6, 6.07) is 8.83. The van der Waals surface area contributed by atoms with Crippen LogP contribution < -0.4 is 0 Å². The van der Waals surface area contributed by atoms with Crippen LogP contribution in [-0.4, -0.2) is 22.9 Å². The number of fused-ring (bicyclic) bond motifs is 3. The Labute approximate surface area is 163 Å². The van der Waals surface area contributed by atoms with E-state index in [1.54, 1.807) is 0 Å². The Morgan fingerprint density at radius 3 is 2.37 bits per heavy atom. The fourth-order valence-corrected chi connectivity index (χ4v) is 4.43. The molecule has 0 bridgehead atoms. The highest BCUT2D eigenvalue weighted by atomic mass is 16.7. The fraction of sp³-hybridized carbons (Fsp3) is 0.565. The van der Waals surface area contributed by atoms with Crippen molar-refractivity contribution in [3.8, 4) is 0 Å². The zero-order chi connectivity index (χ0) is 19.6. The van der Waals surface area contributed by atoms with E-state index in [0.717, 1.165) is 13.0 Å². The van der Waals surface area contributed by atoms with Crippen LogP contribution in [0.5, 0.6) is 0 Å². The van der Waals surface area contributed by atoms with Crippen molar-refractivity contribution in [3.05, 3.63) is 41.0 Å². The maximum atomic E-state index is 6.36. The van der Waals surface area contributed by atoms with Crippen LogP contribution >= 0.6 is 0 Å². The molecule has 1 atom stereocenters. The second kappa shape index (κ2) is 6.25. The minimum absolute atomic E-state index is 0.254. The SMILES string of the molecule is CC(C)Cn1c2c(c3ccccc31)C(C)CC(B1OC(C)(C)C(C)(C)O1)=C2. The van der Waals surface area contributed by atoms with Gasteiger partial charge in [-0.2, -0.15) is 0 Å². The van der Waals surface area contributed by atoms with Gasteiger partial charge in [-0.25, -0.2) is 0 Å². The highest BCUT2D eigenvalue weighted by Gasteiger charge is 2.52. The molecule has 4 heteroatoms. The molecule has 1 aliphatic heterocycles. The van der Waals surface area contributed by atoms with Gasteiger partial charge in [-0.15, -0.1) is 0 Å². The van der Waals surface area contributed by atoms with Crippen molar-refractivity contribution in [2.45, 2.75) is 78.6 Å². The molecule has 2 aromatic rings. The molecule has 1 aromatic heterocycles. The molecule has 0 saturated carbocycles. The number of aromatic nitrogens is 1. The number of rotatable bonds is 3. The second-order valence-electron chi connectivity index (χ2n) is 9.73. The third-order valence-corrected chi connectivity index (χ3v) is 6.51. The van der Waals surface area contributed by atoms with Gasteiger partial charge in [-0.1, -0.05) is 39.0 Å². The zero-order valence-corrected chi connectivity index (χ0v) is 17.8. The Hall–Kier alpha value is -1.52. The molecule has 1 unspecified atom stereocenters. The molecule has 1 aliphatic carbocycles. The van der Waals surface area contributed by atoms with Crippen LogP contribution in [-0.2, 0) is 15.9 Å². The highest BCUT2D eigenvalue weighted by Crippen LogP contribution is 2.45. The molecule has 0 N–H and O–H groups in total. The summed E-state index contributed by atoms with van der Waals surface area (Å²) in [4.78, 5) is 0. The third-order valence-electron chi connectivity index (χ3n) is 6.51. The Morgan fingerprint density at radius 2 is 1.74 bits per heavy atom. The summed E-state index contributed by atoms with van der Waals surface area (Å²) in [5, 5.41) is 1.39. The summed E-state index contributed by atoms with van der Waals surface area (Å²) < 4.78 is 15.2. The molecule has 1 fully saturated rings. The van der Waals surface area contributed by atoms with Crippen LogP contribution in [0, 0.1) is 5.92 Å². The van der Waals surface area contributed by atoms with Crippen LogP contribution in [0.15, 0.2) is 29.7 Å². The predicted octanol–water partition coefficient (Wildman–Crippen LogP) is 5.82. The predicted molar refractivity (Wildman–Crippen MR) is 114 cm³/mol. The number of benzene rings is 1. The van der Waals surface area contributed by atoms with E-state index in [2.05, 4.69) is 83.4 Å². The van der Waals surface area contributed by atoms with E-state index in [9.17, 15) is 0 Å². The maximum Gasteiger partial charge on any atom is 0.490 e. The summed E-state index contributed by atoms with van der Waals surface area (Å²) >= 11 is 0. The van der Waals surface area contributed by atoms with Gasteiger partial charge in [0.25, 0.3) is 0 Å². The third kappa shape index (κ3) is 2.98. The number of hydrogen-bond acceptors (Lipinski definition) is 2. The topological polar surface area (TPSA) is 23.4 Å². The van der Waals surface area contributed by atoms with Crippen LogP contribution in [0.1, 0.15) is 72.1 Å². The molecule has 1 aromatic carbocycles. The van der Waals surface area contributed by atoms with Gasteiger partial charge in [0.1, 0.15) is 0 Å². The minimum Gasteiger partial charge on any atom is -0.400 e. The van der Waals surface area contributed by atoms with Crippen LogP contribution in [0.2, 0.25) is 0 Å². The lowest BCUT2D eigenvalue weighted by Gasteiger charge is -2.32. The van der Waals surface area contributed by atoms with Gasteiger partial charge in [0.05, 0.1) is 11.2 Å². The largest absolute Gasteiger partial charge is 0.490 e. The summed E-state index contributed by atoms with van der Waals surface area (Å²) in [5.41, 5.74) is 4.83. The van der Waals surface area contributed by atoms with Crippen molar-refractivity contribution in [3.63, 3.8) is 0 Å². The normalized spacial score (nSPS) is 23.8. The van der Waals surface area contributed by atoms with Crippen LogP contribution in [0.4, 0.5) is 0 Å². The maximum absolute atomic E-state index is 6.36. The first-order valence-electron chi connectivity index (χ1n) is 10.3. The van der Waals surface area contributed by atoms with Crippen molar-refractivity contribution < 1.29 is 9.31 Å². The minimum atomic E-state index is -0.299. The smallest absolute Gasteiger partial charge is 0.400 e. The number of para-hydroxylation sites is 1. The lowest BCUT2D eigenvalue weighted by molar-refractivity contribution is 0.00578. The van der Waals surface area contributed by atoms with E-state index < -0.39 is 0 Å². The van der Waals surface area contributed by atoms with Gasteiger partial charge in [0, 0.05) is 23.1 Å². The van der Waals surface area contributed by atoms with Gasteiger partial charge in [0.2, 0.25) is 0 Å². The standard InChI is InChI=1S/C23H32BNO2/c1-15(2)14-25-19-11-9-8-10-18(19)21-16(3)12-17(13-20(21)25)24-26-22(4,5)23(6,7)27-24/h8-11,13,15-16H,12,14H2,1-7H3. The average Bonchev–Trinajstić information content (AvgIpc) is 2.99. The van der Waals surface area contributed by atoms with Gasteiger partial charge >= 0.3 is 7.12 Å². The van der Waals surface area contributed by atoms with E-state index in [0.29, 0.717) is 11.8 Å². The summed E-state index contributed by atoms with van der Waals surface area (Å²) in [7, 11) is -0.254. The molecule has 2 aliphatic rings. The zero-order valence-electron chi connectivity index (χ0n) is 17.8. The van der Waals surface area contributed by atoms with Crippen LogP contribution in [0.25, 0.3) is 17.0 Å². The van der Waals surface area contributed by atoms with E-state index >= 15 is 0 Å². The first kappa shape index (κ1) is 18.8. The number of hydrogen-bond donors (Lipinski definition) is 0. The van der Waals surface area contributed by atoms with Crippen molar-refractivity contribution in [2.75, 3.05) is 0 Å². The van der Waals surface area contributed by atoms with Crippen molar-refractivity contribution in [1.29, 1.82) is 0 Å². The molecule has 144 valence electrons. The molecule has 4 rings (SSSR count). The highest BCUT2D eigenvalue weighted by molar-refractivity contribution is 6.55. The quantitative estimate of drug-likeness (QED) is 0.640. The van der Waals surface area contributed by atoms with Gasteiger partial charge in [0.15, 0.2) is 0 Å². The van der Waals surface area contributed by atoms with Crippen molar-refractivity contribution >= 4 is 24.1 Å². The molecule has 3 nitrogen and oxygen atoms in total. The lowest BCUT2D eigenvalue weighted by Crippen LogP contribution is -2.41. The second-order valence-corrected chi connectivity index (χ2v) is 9.73. The molecule has 0 radical (unpaired) electrons. The molecular formula is C23H32BNO2. The first-order valence-corrected chi connectivity index (χ1v) is 10.3. The molecular weight excluding hydrogens is 333 g/mol. The molecule has 2 heterocycles. The van der Waals surface area contributed by atoms with Gasteiger partial charge in [-0.05, 0) is 69.1 Å². The Kier molecular flexibility index (Phi) is 4.36.